The first kappa shape index (κ1) is 22.4. The Morgan fingerprint density at radius 3 is 2.74 bits per heavy atom. The van der Waals surface area contributed by atoms with Crippen molar-refractivity contribution in [1.29, 1.82) is 0 Å². The minimum absolute atomic E-state index is 0.0176. The highest BCUT2D eigenvalue weighted by Crippen LogP contribution is 2.39. The standard InChI is InChI=1S/C23H25N7O3S/c1-32-12-16-11-30-20(24-16)10-22(27-23(30)26-19-9-18(28-29-19)14-3-4-14)34-17-7-5-15(6-8-17)25-21(31)13-33-2/h5-11,14H,3-4,12-13H2,1-2H3,(H,25,31)(H2,26,27,28,29). The third kappa shape index (κ3) is 5.22. The third-order valence-corrected chi connectivity index (χ3v) is 6.19. The maximum absolute atomic E-state index is 11.7. The van der Waals surface area contributed by atoms with E-state index < -0.39 is 0 Å². The smallest absolute Gasteiger partial charge is 0.250 e. The van der Waals surface area contributed by atoms with Gasteiger partial charge in [0.15, 0.2) is 5.82 Å². The van der Waals surface area contributed by atoms with E-state index in [4.69, 9.17) is 14.5 Å². The molecule has 1 aliphatic carbocycles. The topological polar surface area (TPSA) is 118 Å². The first-order valence-electron chi connectivity index (χ1n) is 10.9. The van der Waals surface area contributed by atoms with Crippen LogP contribution in [0.5, 0.6) is 0 Å². The van der Waals surface area contributed by atoms with E-state index in [2.05, 4.69) is 25.8 Å². The number of methoxy groups -OCH3 is 2. The van der Waals surface area contributed by atoms with E-state index in [1.165, 1.54) is 31.7 Å². The molecule has 1 amide bonds. The fourth-order valence-electron chi connectivity index (χ4n) is 3.55. The van der Waals surface area contributed by atoms with Crippen molar-refractivity contribution in [3.63, 3.8) is 0 Å². The van der Waals surface area contributed by atoms with Crippen LogP contribution in [0.15, 0.2) is 52.5 Å². The fraction of sp³-hybridized carbons (Fsp3) is 0.304. The summed E-state index contributed by atoms with van der Waals surface area (Å²) < 4.78 is 12.0. The van der Waals surface area contributed by atoms with Crippen molar-refractivity contribution in [2.45, 2.75) is 35.3 Å². The normalized spacial score (nSPS) is 13.4. The van der Waals surface area contributed by atoms with E-state index in [0.717, 1.165) is 32.8 Å². The molecule has 0 aliphatic heterocycles. The Morgan fingerprint density at radius 2 is 2.00 bits per heavy atom. The van der Waals surface area contributed by atoms with Crippen molar-refractivity contribution in [3.05, 3.63) is 54.0 Å². The predicted octanol–water partition coefficient (Wildman–Crippen LogP) is 3.96. The van der Waals surface area contributed by atoms with Gasteiger partial charge in [-0.25, -0.2) is 9.97 Å². The van der Waals surface area contributed by atoms with E-state index in [1.807, 2.05) is 47.0 Å². The number of imidazole rings is 1. The Morgan fingerprint density at radius 1 is 1.18 bits per heavy atom. The number of aromatic amines is 1. The molecule has 4 aromatic rings. The highest BCUT2D eigenvalue weighted by molar-refractivity contribution is 7.99. The Labute approximate surface area is 200 Å². The van der Waals surface area contributed by atoms with Crippen LogP contribution in [-0.4, -0.2) is 51.3 Å². The van der Waals surface area contributed by atoms with Gasteiger partial charge in [-0.3, -0.25) is 14.3 Å². The van der Waals surface area contributed by atoms with Crippen molar-refractivity contribution in [1.82, 2.24) is 24.6 Å². The number of carbonyl (C=O) groups excluding carboxylic acids is 1. The average Bonchev–Trinajstić information content (AvgIpc) is 3.42. The Bertz CT molecular complexity index is 1300. The number of amides is 1. The van der Waals surface area contributed by atoms with E-state index in [1.54, 1.807) is 7.11 Å². The van der Waals surface area contributed by atoms with Crippen molar-refractivity contribution < 1.29 is 14.3 Å². The first-order chi connectivity index (χ1) is 16.6. The Kier molecular flexibility index (Phi) is 6.48. The molecule has 34 heavy (non-hydrogen) atoms. The molecule has 3 N–H and O–H groups in total. The molecule has 0 saturated heterocycles. The second-order valence-electron chi connectivity index (χ2n) is 8.03. The van der Waals surface area contributed by atoms with Gasteiger partial charge >= 0.3 is 0 Å². The van der Waals surface area contributed by atoms with Crippen molar-refractivity contribution >= 4 is 40.8 Å². The number of aromatic nitrogens is 5. The number of benzene rings is 1. The molecule has 0 radical (unpaired) electrons. The molecule has 10 nitrogen and oxygen atoms in total. The first-order valence-corrected chi connectivity index (χ1v) is 11.7. The molecule has 1 fully saturated rings. The zero-order valence-electron chi connectivity index (χ0n) is 18.9. The molecule has 1 aromatic carbocycles. The second-order valence-corrected chi connectivity index (χ2v) is 9.12. The summed E-state index contributed by atoms with van der Waals surface area (Å²) in [7, 11) is 3.13. The molecule has 0 atom stereocenters. The van der Waals surface area contributed by atoms with Crippen LogP contribution in [0.1, 0.15) is 30.1 Å². The quantitative estimate of drug-likeness (QED) is 0.293. The van der Waals surface area contributed by atoms with Gasteiger partial charge in [0, 0.05) is 54.7 Å². The lowest BCUT2D eigenvalue weighted by molar-refractivity contribution is -0.119. The molecule has 0 spiro atoms. The minimum atomic E-state index is -0.194. The lowest BCUT2D eigenvalue weighted by Crippen LogP contribution is -2.16. The molecule has 0 unspecified atom stereocenters. The summed E-state index contributed by atoms with van der Waals surface area (Å²) in [6.45, 7) is 0.428. The van der Waals surface area contributed by atoms with E-state index in [0.29, 0.717) is 24.2 Å². The van der Waals surface area contributed by atoms with Crippen LogP contribution in [0, 0.1) is 0 Å². The Hall–Kier alpha value is -3.41. The molecular weight excluding hydrogens is 454 g/mol. The monoisotopic (exact) mass is 479 g/mol. The number of nitrogens with one attached hydrogen (secondary N) is 3. The number of nitrogens with zero attached hydrogens (tertiary/aromatic N) is 4. The van der Waals surface area contributed by atoms with Gasteiger partial charge in [0.05, 0.1) is 12.3 Å². The van der Waals surface area contributed by atoms with Crippen LogP contribution in [0.25, 0.3) is 5.65 Å². The fourth-order valence-corrected chi connectivity index (χ4v) is 4.36. The molecule has 11 heteroatoms. The van der Waals surface area contributed by atoms with Crippen molar-refractivity contribution in [2.24, 2.45) is 0 Å². The number of rotatable bonds is 10. The van der Waals surface area contributed by atoms with Gasteiger partial charge in [0.25, 0.3) is 0 Å². The maximum Gasteiger partial charge on any atom is 0.250 e. The molecule has 5 rings (SSSR count). The summed E-state index contributed by atoms with van der Waals surface area (Å²) in [6, 6.07) is 11.5. The lowest BCUT2D eigenvalue weighted by Gasteiger charge is -2.09. The number of anilines is 3. The van der Waals surface area contributed by atoms with Crippen LogP contribution < -0.4 is 10.6 Å². The predicted molar refractivity (Wildman–Crippen MR) is 129 cm³/mol. The van der Waals surface area contributed by atoms with Gasteiger partial charge in [-0.1, -0.05) is 11.8 Å². The highest BCUT2D eigenvalue weighted by atomic mass is 32.2. The number of H-pyrrole nitrogens is 1. The summed E-state index contributed by atoms with van der Waals surface area (Å²) >= 11 is 1.51. The van der Waals surface area contributed by atoms with Crippen LogP contribution in [0.2, 0.25) is 0 Å². The number of hydrogen-bond donors (Lipinski definition) is 3. The molecule has 1 saturated carbocycles. The SMILES string of the molecule is COCC(=O)Nc1ccc(Sc2cc3nc(COC)cn3c(Nc3cc(C4CC4)[nH]n3)n2)cc1. The van der Waals surface area contributed by atoms with Crippen LogP contribution >= 0.6 is 11.8 Å². The maximum atomic E-state index is 11.7. The highest BCUT2D eigenvalue weighted by Gasteiger charge is 2.25. The minimum Gasteiger partial charge on any atom is -0.378 e. The van der Waals surface area contributed by atoms with Gasteiger partial charge in [0.1, 0.15) is 17.3 Å². The lowest BCUT2D eigenvalue weighted by atomic mass is 10.3. The van der Waals surface area contributed by atoms with Gasteiger partial charge in [-0.2, -0.15) is 5.10 Å². The number of ether oxygens (including phenoxy) is 2. The van der Waals surface area contributed by atoms with E-state index >= 15 is 0 Å². The molecule has 1 aliphatic rings. The molecule has 3 heterocycles. The zero-order valence-corrected chi connectivity index (χ0v) is 19.7. The Balaban J connectivity index is 1.39. The number of hydrogen-bond acceptors (Lipinski definition) is 8. The van der Waals surface area contributed by atoms with Gasteiger partial charge in [-0.15, -0.1) is 0 Å². The second kappa shape index (κ2) is 9.84. The molecule has 176 valence electrons. The summed E-state index contributed by atoms with van der Waals surface area (Å²) in [5.41, 5.74) is 3.42. The molecule has 0 bridgehead atoms. The largest absolute Gasteiger partial charge is 0.378 e. The zero-order chi connectivity index (χ0) is 23.5. The summed E-state index contributed by atoms with van der Waals surface area (Å²) in [5.74, 6) is 1.73. The number of carbonyl (C=O) groups is 1. The average molecular weight is 480 g/mol. The van der Waals surface area contributed by atoms with E-state index in [9.17, 15) is 4.79 Å². The van der Waals surface area contributed by atoms with Gasteiger partial charge < -0.3 is 20.1 Å². The molecule has 3 aromatic heterocycles. The van der Waals surface area contributed by atoms with Crippen molar-refractivity contribution in [2.75, 3.05) is 31.5 Å². The van der Waals surface area contributed by atoms with Crippen molar-refractivity contribution in [3.8, 4) is 0 Å². The summed E-state index contributed by atoms with van der Waals surface area (Å²) in [6.07, 6.45) is 4.31. The summed E-state index contributed by atoms with van der Waals surface area (Å²) in [4.78, 5) is 22.2. The summed E-state index contributed by atoms with van der Waals surface area (Å²) in [5, 5.41) is 14.4. The van der Waals surface area contributed by atoms with Crippen LogP contribution in [0.3, 0.4) is 0 Å². The van der Waals surface area contributed by atoms with Crippen LogP contribution in [-0.2, 0) is 20.9 Å². The third-order valence-electron chi connectivity index (χ3n) is 5.26. The van der Waals surface area contributed by atoms with Gasteiger partial charge in [0.2, 0.25) is 11.9 Å². The molecular formula is C23H25N7O3S. The number of fused-ring (bicyclic) bond motifs is 1. The van der Waals surface area contributed by atoms with E-state index in [-0.39, 0.29) is 12.5 Å². The van der Waals surface area contributed by atoms with Crippen LogP contribution in [0.4, 0.5) is 17.5 Å². The van der Waals surface area contributed by atoms with Gasteiger partial charge in [-0.05, 0) is 37.1 Å².